The number of carbonyl (C=O) groups excluding carboxylic acids is 2. The topological polar surface area (TPSA) is 37.4 Å². The van der Waals surface area contributed by atoms with E-state index < -0.39 is 0 Å². The number of halogens is 2. The molecule has 3 fully saturated rings. The normalized spacial score (nSPS) is 41.1. The van der Waals surface area contributed by atoms with Gasteiger partial charge >= 0.3 is 0 Å². The maximum Gasteiger partial charge on any atom is 0.233 e. The van der Waals surface area contributed by atoms with Gasteiger partial charge in [-0.05, 0) is 30.7 Å². The summed E-state index contributed by atoms with van der Waals surface area (Å²) < 4.78 is 0. The van der Waals surface area contributed by atoms with Gasteiger partial charge in [-0.3, -0.25) is 14.5 Å². The molecule has 3 nitrogen and oxygen atoms in total. The van der Waals surface area contributed by atoms with Crippen molar-refractivity contribution in [3.8, 4) is 0 Å². The van der Waals surface area contributed by atoms with Gasteiger partial charge in [0.05, 0.1) is 17.9 Å². The number of hydrogen-bond acceptors (Lipinski definition) is 2. The fourth-order valence-corrected chi connectivity index (χ4v) is 6.51. The summed E-state index contributed by atoms with van der Waals surface area (Å²) in [6.07, 6.45) is 0.978. The van der Waals surface area contributed by atoms with Crippen molar-refractivity contribution < 1.29 is 9.59 Å². The van der Waals surface area contributed by atoms with Crippen LogP contribution in [-0.4, -0.2) is 26.4 Å². The van der Waals surface area contributed by atoms with Gasteiger partial charge in [0, 0.05) is 9.65 Å². The second kappa shape index (κ2) is 5.17. The first kappa shape index (κ1) is 14.9. The predicted molar refractivity (Wildman–Crippen MR) is 90.7 cm³/mol. The van der Waals surface area contributed by atoms with Crippen molar-refractivity contribution in [1.82, 2.24) is 4.90 Å². The monoisotopic (exact) mass is 425 g/mol. The Bertz CT molecular complexity index is 603. The quantitative estimate of drug-likeness (QED) is 0.535. The van der Waals surface area contributed by atoms with Crippen LogP contribution in [0.5, 0.6) is 0 Å². The van der Waals surface area contributed by atoms with Crippen LogP contribution in [0, 0.1) is 23.7 Å². The summed E-state index contributed by atoms with van der Waals surface area (Å²) >= 11 is 7.44. The first-order valence-electron chi connectivity index (χ1n) is 7.72. The molecule has 1 saturated heterocycles. The second-order valence-electron chi connectivity index (χ2n) is 6.64. The Morgan fingerprint density at radius 3 is 2.00 bits per heavy atom. The Kier molecular flexibility index (Phi) is 3.49. The van der Waals surface area contributed by atoms with Gasteiger partial charge < -0.3 is 0 Å². The van der Waals surface area contributed by atoms with Crippen molar-refractivity contribution in [2.75, 3.05) is 0 Å². The van der Waals surface area contributed by atoms with E-state index in [0.717, 1.165) is 12.0 Å². The molecule has 0 N–H and O–H groups in total. The summed E-state index contributed by atoms with van der Waals surface area (Å²) in [6.45, 7) is 1.95. The van der Waals surface area contributed by atoms with Crippen molar-refractivity contribution in [1.29, 1.82) is 0 Å². The molecule has 22 heavy (non-hydrogen) atoms. The van der Waals surface area contributed by atoms with Crippen LogP contribution in [0.4, 0.5) is 0 Å². The Balaban J connectivity index is 1.67. The number of hydrogen-bond donors (Lipinski definition) is 0. The Morgan fingerprint density at radius 1 is 1.00 bits per heavy atom. The smallest absolute Gasteiger partial charge is 0.233 e. The molecular formula is C17H17Br2NO2. The van der Waals surface area contributed by atoms with Gasteiger partial charge in [0.1, 0.15) is 0 Å². The summed E-state index contributed by atoms with van der Waals surface area (Å²) in [6, 6.07) is 9.62. The van der Waals surface area contributed by atoms with Gasteiger partial charge in [-0.1, -0.05) is 62.2 Å². The largest absolute Gasteiger partial charge is 0.275 e. The Hall–Kier alpha value is -0.680. The van der Waals surface area contributed by atoms with Crippen molar-refractivity contribution in [3.05, 3.63) is 35.9 Å². The van der Waals surface area contributed by atoms with Crippen LogP contribution in [0.15, 0.2) is 30.3 Å². The van der Waals surface area contributed by atoms with Crippen LogP contribution in [0.2, 0.25) is 0 Å². The first-order valence-corrected chi connectivity index (χ1v) is 9.55. The maximum absolute atomic E-state index is 12.9. The molecule has 1 aliphatic heterocycles. The highest BCUT2D eigenvalue weighted by Crippen LogP contribution is 2.60. The fraction of sp³-hybridized carbons (Fsp3) is 0.529. The summed E-state index contributed by atoms with van der Waals surface area (Å²) in [7, 11) is 0. The van der Waals surface area contributed by atoms with Gasteiger partial charge in [0.2, 0.25) is 11.8 Å². The molecule has 1 aromatic rings. The summed E-state index contributed by atoms with van der Waals surface area (Å²) in [5.74, 6) is 0.377. The van der Waals surface area contributed by atoms with Crippen LogP contribution in [0.3, 0.4) is 0 Å². The highest BCUT2D eigenvalue weighted by molar-refractivity contribution is 9.12. The Morgan fingerprint density at radius 2 is 1.50 bits per heavy atom. The lowest BCUT2D eigenvalue weighted by Crippen LogP contribution is -2.37. The molecule has 2 aliphatic carbocycles. The fourth-order valence-electron chi connectivity index (χ4n) is 4.63. The lowest BCUT2D eigenvalue weighted by molar-refractivity contribution is -0.143. The van der Waals surface area contributed by atoms with E-state index >= 15 is 0 Å². The molecule has 0 radical (unpaired) electrons. The molecule has 1 heterocycles. The number of imide groups is 1. The number of carbonyl (C=O) groups is 2. The number of likely N-dealkylation sites (tertiary alicyclic amines) is 1. The highest BCUT2D eigenvalue weighted by Gasteiger charge is 2.66. The van der Waals surface area contributed by atoms with Crippen LogP contribution in [0.1, 0.15) is 24.9 Å². The van der Waals surface area contributed by atoms with Gasteiger partial charge in [-0.2, -0.15) is 0 Å². The molecule has 2 bridgehead atoms. The van der Waals surface area contributed by atoms with Crippen LogP contribution in [0.25, 0.3) is 0 Å². The van der Waals surface area contributed by atoms with E-state index in [9.17, 15) is 9.59 Å². The molecule has 1 aromatic carbocycles. The molecule has 7 atom stereocenters. The number of alkyl halides is 2. The van der Waals surface area contributed by atoms with E-state index in [-0.39, 0.29) is 41.5 Å². The van der Waals surface area contributed by atoms with Crippen LogP contribution < -0.4 is 0 Å². The van der Waals surface area contributed by atoms with Gasteiger partial charge in [0.25, 0.3) is 0 Å². The zero-order chi connectivity index (χ0) is 15.6. The molecule has 3 aliphatic rings. The van der Waals surface area contributed by atoms with Gasteiger partial charge in [0.15, 0.2) is 0 Å². The SMILES string of the molecule is C[C@@H](c1ccccc1)N1C(=O)[C@@H]2[C@@H]3C[C@H]([C@H](Br)[C@@H]3Br)[C@@H]2C1=O. The first-order chi connectivity index (χ1) is 10.5. The number of amides is 2. The van der Waals surface area contributed by atoms with E-state index in [4.69, 9.17) is 0 Å². The number of nitrogens with zero attached hydrogens (tertiary/aromatic N) is 1. The third kappa shape index (κ3) is 1.84. The second-order valence-corrected chi connectivity index (χ2v) is 8.75. The maximum atomic E-state index is 12.9. The summed E-state index contributed by atoms with van der Waals surface area (Å²) in [5, 5.41) is 0. The molecule has 0 unspecified atom stereocenters. The number of benzene rings is 1. The minimum absolute atomic E-state index is 0.0303. The summed E-state index contributed by atoms with van der Waals surface area (Å²) in [4.78, 5) is 28.0. The van der Waals surface area contributed by atoms with Gasteiger partial charge in [-0.25, -0.2) is 0 Å². The van der Waals surface area contributed by atoms with E-state index in [1.165, 1.54) is 4.90 Å². The molecular weight excluding hydrogens is 410 g/mol. The standard InChI is InChI=1S/C17H17Br2NO2/c1-8(9-5-3-2-4-6-9)20-16(21)12-10-7-11(13(12)17(20)22)15(19)14(10)18/h2-6,8,10-15H,7H2,1H3/t8-,10-,11-,12-,13+,14-,15+/m0/s1. The molecule has 0 aromatic heterocycles. The van der Waals surface area contributed by atoms with Crippen molar-refractivity contribution in [2.24, 2.45) is 23.7 Å². The van der Waals surface area contributed by atoms with Gasteiger partial charge in [-0.15, -0.1) is 0 Å². The molecule has 5 heteroatoms. The van der Waals surface area contributed by atoms with Crippen molar-refractivity contribution >= 4 is 43.7 Å². The number of fused-ring (bicyclic) bond motifs is 5. The zero-order valence-electron chi connectivity index (χ0n) is 12.2. The average Bonchev–Trinajstić information content (AvgIpc) is 3.13. The average molecular weight is 427 g/mol. The third-order valence-corrected chi connectivity index (χ3v) is 8.90. The van der Waals surface area contributed by atoms with Crippen LogP contribution >= 0.6 is 31.9 Å². The minimum atomic E-state index is -0.186. The highest BCUT2D eigenvalue weighted by atomic mass is 79.9. The molecule has 4 rings (SSSR count). The minimum Gasteiger partial charge on any atom is -0.275 e. The zero-order valence-corrected chi connectivity index (χ0v) is 15.3. The Labute approximate surface area is 146 Å². The number of rotatable bonds is 2. The van der Waals surface area contributed by atoms with Crippen LogP contribution in [-0.2, 0) is 9.59 Å². The predicted octanol–water partition coefficient (Wildman–Crippen LogP) is 3.53. The van der Waals surface area contributed by atoms with Crippen molar-refractivity contribution in [3.63, 3.8) is 0 Å². The lowest BCUT2D eigenvalue weighted by Gasteiger charge is -2.28. The van der Waals surface area contributed by atoms with E-state index in [1.54, 1.807) is 0 Å². The van der Waals surface area contributed by atoms with E-state index in [0.29, 0.717) is 9.65 Å². The molecule has 0 spiro atoms. The lowest BCUT2D eigenvalue weighted by atomic mass is 9.81. The molecule has 2 saturated carbocycles. The summed E-state index contributed by atoms with van der Waals surface area (Å²) in [5.41, 5.74) is 1.02. The molecule has 116 valence electrons. The van der Waals surface area contributed by atoms with E-state index in [2.05, 4.69) is 31.9 Å². The third-order valence-electron chi connectivity index (χ3n) is 5.69. The van der Waals surface area contributed by atoms with E-state index in [1.807, 2.05) is 37.3 Å². The van der Waals surface area contributed by atoms with Crippen molar-refractivity contribution in [2.45, 2.75) is 29.0 Å². The molecule has 2 amide bonds.